The summed E-state index contributed by atoms with van der Waals surface area (Å²) in [5, 5.41) is 13.1. The van der Waals surface area contributed by atoms with E-state index in [1.54, 1.807) is 32.0 Å². The molecule has 0 spiro atoms. The first-order valence-corrected chi connectivity index (χ1v) is 11.3. The van der Waals surface area contributed by atoms with Crippen LogP contribution in [0.4, 0.5) is 11.4 Å². The summed E-state index contributed by atoms with van der Waals surface area (Å²) in [7, 11) is -3.99. The summed E-state index contributed by atoms with van der Waals surface area (Å²) in [4.78, 5) is 35.1. The van der Waals surface area contributed by atoms with E-state index in [2.05, 4.69) is 10.0 Å². The molecule has 0 saturated heterocycles. The minimum absolute atomic E-state index is 0.0166. The van der Waals surface area contributed by atoms with Crippen molar-refractivity contribution in [3.63, 3.8) is 0 Å². The average Bonchev–Trinajstić information content (AvgIpc) is 2.73. The number of nitro groups is 1. The molecule has 172 valence electrons. The van der Waals surface area contributed by atoms with Gasteiger partial charge in [-0.2, -0.15) is 4.72 Å². The molecular formula is C20H22ClN3O7S. The number of hydrogen-bond acceptors (Lipinski definition) is 7. The van der Waals surface area contributed by atoms with Gasteiger partial charge in [0.15, 0.2) is 6.10 Å². The van der Waals surface area contributed by atoms with Crippen LogP contribution in [0.1, 0.15) is 20.8 Å². The molecule has 2 rings (SSSR count). The van der Waals surface area contributed by atoms with Crippen LogP contribution >= 0.6 is 11.6 Å². The number of hydrogen-bond donors (Lipinski definition) is 2. The Kier molecular flexibility index (Phi) is 8.31. The summed E-state index contributed by atoms with van der Waals surface area (Å²) >= 11 is 5.95. The van der Waals surface area contributed by atoms with Gasteiger partial charge in [0.25, 0.3) is 11.6 Å². The van der Waals surface area contributed by atoms with Crippen molar-refractivity contribution in [3.8, 4) is 0 Å². The molecule has 0 fully saturated rings. The van der Waals surface area contributed by atoms with Gasteiger partial charge in [0.05, 0.1) is 20.5 Å². The number of esters is 1. The molecule has 2 unspecified atom stereocenters. The highest BCUT2D eigenvalue weighted by atomic mass is 35.5. The lowest BCUT2D eigenvalue weighted by Crippen LogP contribution is -2.47. The van der Waals surface area contributed by atoms with Crippen molar-refractivity contribution >= 4 is 44.9 Å². The standard InChI is InChI=1S/C20H22ClN3O7S/c1-12(2)18(23-32(29,30)15-7-5-4-6-8-15)20(26)31-13(3)19(25)22-17-10-9-14(24(27)28)11-16(17)21/h4-13,18,23H,1-3H3,(H,22,25). The molecule has 2 N–H and O–H groups in total. The highest BCUT2D eigenvalue weighted by Crippen LogP contribution is 2.27. The Morgan fingerprint density at radius 2 is 1.72 bits per heavy atom. The van der Waals surface area contributed by atoms with Gasteiger partial charge < -0.3 is 10.1 Å². The molecule has 12 heteroatoms. The van der Waals surface area contributed by atoms with Crippen molar-refractivity contribution in [2.24, 2.45) is 5.92 Å². The lowest BCUT2D eigenvalue weighted by atomic mass is 10.1. The van der Waals surface area contributed by atoms with E-state index in [0.29, 0.717) is 0 Å². The van der Waals surface area contributed by atoms with Crippen LogP contribution in [0, 0.1) is 16.0 Å². The van der Waals surface area contributed by atoms with Crippen LogP contribution in [0.2, 0.25) is 5.02 Å². The number of nitrogens with one attached hydrogen (secondary N) is 2. The van der Waals surface area contributed by atoms with Crippen molar-refractivity contribution in [1.29, 1.82) is 0 Å². The zero-order valence-electron chi connectivity index (χ0n) is 17.4. The van der Waals surface area contributed by atoms with E-state index < -0.39 is 44.9 Å². The van der Waals surface area contributed by atoms with E-state index in [1.165, 1.54) is 25.1 Å². The predicted octanol–water partition coefficient (Wildman–Crippen LogP) is 3.12. The van der Waals surface area contributed by atoms with Gasteiger partial charge in [0.2, 0.25) is 10.0 Å². The maximum absolute atomic E-state index is 12.6. The van der Waals surface area contributed by atoms with Crippen molar-refractivity contribution in [2.75, 3.05) is 5.32 Å². The van der Waals surface area contributed by atoms with Crippen molar-refractivity contribution in [1.82, 2.24) is 4.72 Å². The number of sulfonamides is 1. The summed E-state index contributed by atoms with van der Waals surface area (Å²) in [6.07, 6.45) is -1.30. The van der Waals surface area contributed by atoms with Crippen LogP contribution < -0.4 is 10.0 Å². The zero-order chi connectivity index (χ0) is 24.1. The maximum Gasteiger partial charge on any atom is 0.325 e. The lowest BCUT2D eigenvalue weighted by Gasteiger charge is -2.23. The number of ether oxygens (including phenoxy) is 1. The van der Waals surface area contributed by atoms with Crippen LogP contribution in [0.15, 0.2) is 53.4 Å². The lowest BCUT2D eigenvalue weighted by molar-refractivity contribution is -0.384. The molecule has 32 heavy (non-hydrogen) atoms. The summed E-state index contributed by atoms with van der Waals surface area (Å²) in [5.41, 5.74) is -0.159. The van der Waals surface area contributed by atoms with Gasteiger partial charge in [-0.3, -0.25) is 19.7 Å². The first-order valence-electron chi connectivity index (χ1n) is 9.45. The van der Waals surface area contributed by atoms with Gasteiger partial charge in [-0.05, 0) is 31.0 Å². The Balaban J connectivity index is 2.08. The van der Waals surface area contributed by atoms with E-state index >= 15 is 0 Å². The molecule has 10 nitrogen and oxygen atoms in total. The van der Waals surface area contributed by atoms with Crippen LogP contribution in [0.5, 0.6) is 0 Å². The fourth-order valence-corrected chi connectivity index (χ4v) is 4.12. The molecule has 0 aromatic heterocycles. The second kappa shape index (κ2) is 10.5. The summed E-state index contributed by atoms with van der Waals surface area (Å²) < 4.78 is 32.6. The maximum atomic E-state index is 12.6. The third-order valence-corrected chi connectivity index (χ3v) is 6.11. The number of anilines is 1. The molecule has 2 aromatic carbocycles. The minimum Gasteiger partial charge on any atom is -0.451 e. The molecule has 0 heterocycles. The average molecular weight is 484 g/mol. The molecular weight excluding hydrogens is 462 g/mol. The number of benzene rings is 2. The Morgan fingerprint density at radius 1 is 1.09 bits per heavy atom. The van der Waals surface area contributed by atoms with E-state index in [4.69, 9.17) is 16.3 Å². The largest absolute Gasteiger partial charge is 0.451 e. The van der Waals surface area contributed by atoms with Gasteiger partial charge in [0.1, 0.15) is 6.04 Å². The molecule has 1 amide bonds. The van der Waals surface area contributed by atoms with E-state index in [0.717, 1.165) is 12.1 Å². The number of rotatable bonds is 9. The SMILES string of the molecule is CC(OC(=O)C(NS(=O)(=O)c1ccccc1)C(C)C)C(=O)Nc1ccc([N+](=O)[O-])cc1Cl. The van der Waals surface area contributed by atoms with Gasteiger partial charge in [-0.1, -0.05) is 43.6 Å². The number of carbonyl (C=O) groups is 2. The molecule has 2 aromatic rings. The Bertz CT molecular complexity index is 1110. The minimum atomic E-state index is -3.99. The quantitative estimate of drug-likeness (QED) is 0.316. The molecule has 0 radical (unpaired) electrons. The molecule has 2 atom stereocenters. The van der Waals surface area contributed by atoms with Gasteiger partial charge in [-0.25, -0.2) is 8.42 Å². The van der Waals surface area contributed by atoms with E-state index in [9.17, 15) is 28.1 Å². The summed E-state index contributed by atoms with van der Waals surface area (Å²) in [6.45, 7) is 4.55. The smallest absolute Gasteiger partial charge is 0.325 e. The Morgan fingerprint density at radius 3 is 2.25 bits per heavy atom. The number of carbonyl (C=O) groups excluding carboxylic acids is 2. The van der Waals surface area contributed by atoms with Crippen molar-refractivity contribution in [2.45, 2.75) is 37.8 Å². The van der Waals surface area contributed by atoms with Crippen LogP contribution in [0.3, 0.4) is 0 Å². The number of non-ortho nitro benzene ring substituents is 1. The molecule has 0 saturated carbocycles. The Labute approximate surface area is 190 Å². The van der Waals surface area contributed by atoms with Crippen LogP contribution in [0.25, 0.3) is 0 Å². The molecule has 0 aliphatic rings. The van der Waals surface area contributed by atoms with Crippen molar-refractivity contribution in [3.05, 3.63) is 63.7 Å². The monoisotopic (exact) mass is 483 g/mol. The van der Waals surface area contributed by atoms with Gasteiger partial charge in [0, 0.05) is 12.1 Å². The van der Waals surface area contributed by atoms with Crippen LogP contribution in [-0.2, 0) is 24.3 Å². The van der Waals surface area contributed by atoms with Crippen LogP contribution in [-0.4, -0.2) is 37.4 Å². The topological polar surface area (TPSA) is 145 Å². The number of nitro benzene ring substituents is 1. The summed E-state index contributed by atoms with van der Waals surface area (Å²) in [6, 6.07) is 9.76. The fraction of sp³-hybridized carbons (Fsp3) is 0.300. The summed E-state index contributed by atoms with van der Waals surface area (Å²) in [5.74, 6) is -2.15. The third kappa shape index (κ3) is 6.49. The zero-order valence-corrected chi connectivity index (χ0v) is 19.0. The fourth-order valence-electron chi connectivity index (χ4n) is 2.55. The highest BCUT2D eigenvalue weighted by molar-refractivity contribution is 7.89. The first-order chi connectivity index (χ1) is 14.9. The first kappa shape index (κ1) is 25.2. The van der Waals surface area contributed by atoms with Gasteiger partial charge in [-0.15, -0.1) is 0 Å². The highest BCUT2D eigenvalue weighted by Gasteiger charge is 2.32. The molecule has 0 bridgehead atoms. The second-order valence-electron chi connectivity index (χ2n) is 7.15. The number of nitrogens with zero attached hydrogens (tertiary/aromatic N) is 1. The van der Waals surface area contributed by atoms with E-state index in [-0.39, 0.29) is 21.3 Å². The molecule has 0 aliphatic carbocycles. The van der Waals surface area contributed by atoms with Gasteiger partial charge >= 0.3 is 5.97 Å². The normalized spacial score (nSPS) is 13.3. The third-order valence-electron chi connectivity index (χ3n) is 4.34. The van der Waals surface area contributed by atoms with E-state index in [1.807, 2.05) is 0 Å². The molecule has 0 aliphatic heterocycles. The Hall–Kier alpha value is -3.02. The second-order valence-corrected chi connectivity index (χ2v) is 9.27. The number of halogens is 1. The number of amides is 1. The van der Waals surface area contributed by atoms with Crippen molar-refractivity contribution < 1.29 is 27.7 Å². The predicted molar refractivity (Wildman–Crippen MR) is 118 cm³/mol.